The highest BCUT2D eigenvalue weighted by molar-refractivity contribution is 9.11. The summed E-state index contributed by atoms with van der Waals surface area (Å²) in [6.07, 6.45) is 0. The van der Waals surface area contributed by atoms with Crippen molar-refractivity contribution >= 4 is 98.6 Å². The average molecular weight is 574 g/mol. The predicted octanol–water partition coefficient (Wildman–Crippen LogP) is 5.59. The molecule has 0 fully saturated rings. The van der Waals surface area contributed by atoms with Crippen molar-refractivity contribution in [3.63, 3.8) is 0 Å². The number of hydrogen-bond acceptors (Lipinski definition) is 4. The first-order chi connectivity index (χ1) is 16.3. The maximum atomic E-state index is 12.1. The van der Waals surface area contributed by atoms with Crippen LogP contribution in [0.2, 0.25) is 0 Å². The molecule has 0 unspecified atom stereocenters. The highest BCUT2D eigenvalue weighted by Gasteiger charge is 2.28. The van der Waals surface area contributed by atoms with Crippen molar-refractivity contribution in [2.45, 2.75) is 0 Å². The van der Waals surface area contributed by atoms with Crippen molar-refractivity contribution in [3.8, 4) is 0 Å². The summed E-state index contributed by atoms with van der Waals surface area (Å²) in [6, 6.07) is 15.0. The standard InChI is InChI=1S/C26H10Br2N2O4/c27-21-13-1-9-5-17-18(24(32)29-23(17)31)6-10(9)2-14(13)22(28)16-4-12-8-20-19(25(33)30-26(20)34)7-11(12)3-15(16)21/h1-8H,(H,29,31,32)(H,30,33,34). The minimum atomic E-state index is -0.387. The molecule has 162 valence electrons. The van der Waals surface area contributed by atoms with Gasteiger partial charge >= 0.3 is 0 Å². The van der Waals surface area contributed by atoms with Crippen LogP contribution in [-0.4, -0.2) is 23.6 Å². The molecule has 8 heteroatoms. The van der Waals surface area contributed by atoms with Crippen LogP contribution in [0.15, 0.2) is 57.5 Å². The molecular formula is C26H10Br2N2O4. The Bertz CT molecular complexity index is 1640. The largest absolute Gasteiger partial charge is 0.288 e. The number of carbonyl (C=O) groups is 4. The van der Waals surface area contributed by atoms with E-state index in [0.29, 0.717) is 22.3 Å². The average Bonchev–Trinajstić information content (AvgIpc) is 3.26. The van der Waals surface area contributed by atoms with Crippen LogP contribution < -0.4 is 10.6 Å². The summed E-state index contributed by atoms with van der Waals surface area (Å²) in [4.78, 5) is 48.5. The first-order valence-corrected chi connectivity index (χ1v) is 11.9. The van der Waals surface area contributed by atoms with Gasteiger partial charge in [-0.2, -0.15) is 0 Å². The fraction of sp³-hybridized carbons (Fsp3) is 0. The van der Waals surface area contributed by atoms with Crippen molar-refractivity contribution in [1.82, 2.24) is 10.6 Å². The Morgan fingerprint density at radius 3 is 0.882 bits per heavy atom. The first-order valence-electron chi connectivity index (χ1n) is 10.3. The third kappa shape index (κ3) is 2.49. The van der Waals surface area contributed by atoms with Gasteiger partial charge in [0.15, 0.2) is 0 Å². The normalized spacial score (nSPS) is 14.9. The number of rotatable bonds is 0. The van der Waals surface area contributed by atoms with Gasteiger partial charge < -0.3 is 0 Å². The van der Waals surface area contributed by atoms with E-state index in [1.807, 2.05) is 24.3 Å². The van der Waals surface area contributed by atoms with E-state index in [9.17, 15) is 19.2 Å². The van der Waals surface area contributed by atoms with Crippen LogP contribution in [0.3, 0.4) is 0 Å². The quantitative estimate of drug-likeness (QED) is 0.186. The maximum absolute atomic E-state index is 12.1. The van der Waals surface area contributed by atoms with Gasteiger partial charge in [-0.05, 0) is 123 Å². The zero-order valence-electron chi connectivity index (χ0n) is 17.0. The molecule has 0 saturated heterocycles. The molecule has 0 spiro atoms. The van der Waals surface area contributed by atoms with E-state index in [-0.39, 0.29) is 23.6 Å². The Balaban J connectivity index is 1.57. The Morgan fingerprint density at radius 2 is 0.647 bits per heavy atom. The number of imide groups is 2. The molecule has 0 radical (unpaired) electrons. The Morgan fingerprint density at radius 1 is 0.412 bits per heavy atom. The number of fused-ring (bicyclic) bond motifs is 6. The van der Waals surface area contributed by atoms with E-state index in [1.54, 1.807) is 24.3 Å². The molecule has 5 aromatic rings. The molecule has 2 aliphatic heterocycles. The van der Waals surface area contributed by atoms with Gasteiger partial charge in [-0.1, -0.05) is 0 Å². The van der Waals surface area contributed by atoms with Crippen LogP contribution in [0.25, 0.3) is 43.1 Å². The molecule has 2 aliphatic rings. The lowest BCUT2D eigenvalue weighted by Crippen LogP contribution is -2.19. The van der Waals surface area contributed by atoms with Gasteiger partial charge in [0.1, 0.15) is 0 Å². The van der Waals surface area contributed by atoms with Crippen LogP contribution in [0, 0.1) is 0 Å². The molecule has 0 atom stereocenters. The number of hydrogen-bond donors (Lipinski definition) is 2. The molecule has 2 heterocycles. The number of amides is 4. The van der Waals surface area contributed by atoms with E-state index in [2.05, 4.69) is 42.5 Å². The number of halogens is 2. The van der Waals surface area contributed by atoms with Gasteiger partial charge in [-0.15, -0.1) is 0 Å². The van der Waals surface area contributed by atoms with Crippen molar-refractivity contribution in [1.29, 1.82) is 0 Å². The summed E-state index contributed by atoms with van der Waals surface area (Å²) in [6.45, 7) is 0. The first kappa shape index (κ1) is 19.8. The van der Waals surface area contributed by atoms with Gasteiger partial charge in [0.05, 0.1) is 22.3 Å². The fourth-order valence-corrected chi connectivity index (χ4v) is 6.26. The number of benzene rings is 5. The van der Waals surface area contributed by atoms with Gasteiger partial charge in [0, 0.05) is 8.95 Å². The van der Waals surface area contributed by atoms with Crippen LogP contribution in [-0.2, 0) is 0 Å². The lowest BCUT2D eigenvalue weighted by Gasteiger charge is -2.13. The lowest BCUT2D eigenvalue weighted by molar-refractivity contribution is 0.0863. The van der Waals surface area contributed by atoms with Crippen LogP contribution in [0.1, 0.15) is 41.4 Å². The summed E-state index contributed by atoms with van der Waals surface area (Å²) in [7, 11) is 0. The Hall–Kier alpha value is -3.62. The van der Waals surface area contributed by atoms with Crippen LogP contribution >= 0.6 is 31.9 Å². The summed E-state index contributed by atoms with van der Waals surface area (Å²) in [5.74, 6) is -1.55. The smallest absolute Gasteiger partial charge is 0.258 e. The zero-order valence-corrected chi connectivity index (χ0v) is 20.2. The minimum Gasteiger partial charge on any atom is -0.288 e. The Kier molecular flexibility index (Phi) is 3.78. The van der Waals surface area contributed by atoms with Crippen molar-refractivity contribution in [3.05, 3.63) is 79.7 Å². The number of nitrogens with one attached hydrogen (secondary N) is 2. The molecule has 2 N–H and O–H groups in total. The molecule has 0 aromatic heterocycles. The highest BCUT2D eigenvalue weighted by Crippen LogP contribution is 2.43. The molecule has 4 amide bonds. The molecular weight excluding hydrogens is 564 g/mol. The van der Waals surface area contributed by atoms with E-state index in [1.165, 1.54) is 0 Å². The summed E-state index contributed by atoms with van der Waals surface area (Å²) in [5, 5.41) is 11.8. The predicted molar refractivity (Wildman–Crippen MR) is 135 cm³/mol. The Labute approximate surface area is 207 Å². The van der Waals surface area contributed by atoms with Gasteiger partial charge in [0.25, 0.3) is 23.6 Å². The topological polar surface area (TPSA) is 92.3 Å². The van der Waals surface area contributed by atoms with Crippen molar-refractivity contribution < 1.29 is 19.2 Å². The maximum Gasteiger partial charge on any atom is 0.258 e. The van der Waals surface area contributed by atoms with E-state index in [4.69, 9.17) is 0 Å². The SMILES string of the molecule is O=C1NC(=O)c2cc3cc4c(Br)c5cc6cc7c(cc6cc5c(Br)c4cc3cc21)C(=O)NC7=O. The summed E-state index contributed by atoms with van der Waals surface area (Å²) < 4.78 is 1.73. The minimum absolute atomic E-state index is 0.375. The molecule has 34 heavy (non-hydrogen) atoms. The molecule has 0 aliphatic carbocycles. The highest BCUT2D eigenvalue weighted by atomic mass is 79.9. The molecule has 5 aromatic carbocycles. The molecule has 0 saturated carbocycles. The molecule has 6 nitrogen and oxygen atoms in total. The third-order valence-electron chi connectivity index (χ3n) is 6.60. The van der Waals surface area contributed by atoms with Crippen LogP contribution in [0.4, 0.5) is 0 Å². The third-order valence-corrected chi connectivity index (χ3v) is 8.31. The zero-order chi connectivity index (χ0) is 23.5. The van der Waals surface area contributed by atoms with E-state index in [0.717, 1.165) is 52.0 Å². The van der Waals surface area contributed by atoms with E-state index < -0.39 is 0 Å². The van der Waals surface area contributed by atoms with Crippen molar-refractivity contribution in [2.24, 2.45) is 0 Å². The van der Waals surface area contributed by atoms with Gasteiger partial charge in [-0.3, -0.25) is 29.8 Å². The fourth-order valence-electron chi connectivity index (χ4n) is 4.94. The van der Waals surface area contributed by atoms with Crippen molar-refractivity contribution in [2.75, 3.05) is 0 Å². The van der Waals surface area contributed by atoms with Gasteiger partial charge in [0.2, 0.25) is 0 Å². The summed E-state index contributed by atoms with van der Waals surface area (Å²) >= 11 is 7.54. The second-order valence-corrected chi connectivity index (χ2v) is 10.1. The van der Waals surface area contributed by atoms with Crippen LogP contribution in [0.5, 0.6) is 0 Å². The molecule has 7 rings (SSSR count). The monoisotopic (exact) mass is 572 g/mol. The summed E-state index contributed by atoms with van der Waals surface area (Å²) in [5.41, 5.74) is 1.50. The second-order valence-electron chi connectivity index (χ2n) is 8.48. The van der Waals surface area contributed by atoms with Gasteiger partial charge in [-0.25, -0.2) is 0 Å². The lowest BCUT2D eigenvalue weighted by atomic mass is 9.94. The van der Waals surface area contributed by atoms with E-state index >= 15 is 0 Å². The molecule has 0 bridgehead atoms. The number of carbonyl (C=O) groups excluding carboxylic acids is 4. The second kappa shape index (κ2) is 6.49.